The van der Waals surface area contributed by atoms with Crippen LogP contribution in [0.4, 0.5) is 0 Å². The lowest BCUT2D eigenvalue weighted by Crippen LogP contribution is -2.80. The molecule has 7 rings (SSSR count). The molecule has 2 heterocycles. The van der Waals surface area contributed by atoms with E-state index in [4.69, 9.17) is 23.4 Å². The zero-order valence-electron chi connectivity index (χ0n) is 32.4. The highest BCUT2D eigenvalue weighted by atomic mass is 16.6. The van der Waals surface area contributed by atoms with Crippen molar-refractivity contribution in [2.45, 2.75) is 102 Å². The molecule has 1 unspecified atom stereocenters. The molecule has 1 aliphatic heterocycles. The average molecular weight is 788 g/mol. The maximum atomic E-state index is 14.1. The van der Waals surface area contributed by atoms with Crippen molar-refractivity contribution in [3.63, 3.8) is 0 Å². The fourth-order valence-corrected chi connectivity index (χ4v) is 10.0. The maximum absolute atomic E-state index is 14.1. The van der Waals surface area contributed by atoms with Crippen molar-refractivity contribution >= 4 is 23.8 Å². The van der Waals surface area contributed by atoms with Gasteiger partial charge in [-0.05, 0) is 59.7 Å². The Labute approximate surface area is 329 Å². The summed E-state index contributed by atoms with van der Waals surface area (Å²) in [4.78, 5) is 54.2. The molecule has 0 spiro atoms. The molecule has 0 radical (unpaired) electrons. The normalized spacial score (nSPS) is 33.8. The Morgan fingerprint density at radius 1 is 0.895 bits per heavy atom. The van der Waals surface area contributed by atoms with Gasteiger partial charge in [0.2, 0.25) is 0 Å². The maximum Gasteiger partial charge on any atom is 0.338 e. The monoisotopic (exact) mass is 787 g/mol. The van der Waals surface area contributed by atoms with Crippen LogP contribution in [0.2, 0.25) is 0 Å². The molecular weight excluding hydrogens is 738 g/mol. The van der Waals surface area contributed by atoms with Gasteiger partial charge in [0.1, 0.15) is 24.4 Å². The molecule has 4 aliphatic rings. The van der Waals surface area contributed by atoms with E-state index in [2.05, 4.69) is 5.32 Å². The van der Waals surface area contributed by atoms with Crippen LogP contribution in [-0.2, 0) is 28.5 Å². The highest BCUT2D eigenvalue weighted by Crippen LogP contribution is 2.64. The lowest BCUT2D eigenvalue weighted by atomic mass is 9.45. The van der Waals surface area contributed by atoms with E-state index in [-0.39, 0.29) is 30.8 Å². The number of hydrogen-bond donors (Lipinski definition) is 5. The predicted molar refractivity (Wildman–Crippen MR) is 200 cm³/mol. The van der Waals surface area contributed by atoms with Crippen LogP contribution in [0.3, 0.4) is 0 Å². The third kappa shape index (κ3) is 6.76. The Kier molecular flexibility index (Phi) is 10.7. The number of aliphatic hydroxyl groups is 4. The number of benzene rings is 2. The minimum Gasteiger partial charge on any atom is -0.459 e. The third-order valence-electron chi connectivity index (χ3n) is 13.0. The van der Waals surface area contributed by atoms with Gasteiger partial charge in [-0.1, -0.05) is 69.3 Å². The Morgan fingerprint density at radius 3 is 2.16 bits per heavy atom. The van der Waals surface area contributed by atoms with Gasteiger partial charge in [0.05, 0.1) is 42.6 Å². The van der Waals surface area contributed by atoms with Crippen LogP contribution in [-0.4, -0.2) is 99.2 Å². The van der Waals surface area contributed by atoms with E-state index in [1.807, 2.05) is 13.8 Å². The number of rotatable bonds is 9. The summed E-state index contributed by atoms with van der Waals surface area (Å²) in [5.74, 6) is -5.15. The van der Waals surface area contributed by atoms with E-state index < -0.39 is 101 Å². The zero-order chi connectivity index (χ0) is 41.0. The minimum atomic E-state index is -1.93. The summed E-state index contributed by atoms with van der Waals surface area (Å²) >= 11 is 0. The average Bonchev–Trinajstić information content (AvgIpc) is 3.73. The van der Waals surface area contributed by atoms with Crippen LogP contribution in [0.25, 0.3) is 0 Å². The number of aliphatic hydroxyl groups excluding tert-OH is 4. The van der Waals surface area contributed by atoms with Crippen LogP contribution >= 0.6 is 0 Å². The number of carbonyl (C=O) groups excluding carboxylic acids is 4. The second-order valence-corrected chi connectivity index (χ2v) is 16.4. The van der Waals surface area contributed by atoms with Crippen molar-refractivity contribution < 1.29 is 63.0 Å². The second kappa shape index (κ2) is 15.1. The van der Waals surface area contributed by atoms with Crippen molar-refractivity contribution in [1.29, 1.82) is 0 Å². The molecule has 57 heavy (non-hydrogen) atoms. The molecule has 1 saturated heterocycles. The SMILES string of the molecule is CC(=O)O[C@@]12CO[C@@H]1C[C@H](O)[C@]1(C)[C@@H]2[C@H](OC(=O)c2ccccc2)C2C[C@H](OC(=O)[C@H](O)[C@@H](NC(=O)c3ccco3)c3ccccc3)C(C)=C([C@@H](O)[C@@H]1O)C2(C)C. The summed E-state index contributed by atoms with van der Waals surface area (Å²) in [5.41, 5.74) is -2.88. The molecule has 2 aromatic carbocycles. The Bertz CT molecular complexity index is 2020. The highest BCUT2D eigenvalue weighted by Gasteiger charge is 2.75. The first kappa shape index (κ1) is 40.3. The summed E-state index contributed by atoms with van der Waals surface area (Å²) in [6.45, 7) is 8.01. The van der Waals surface area contributed by atoms with E-state index in [9.17, 15) is 39.6 Å². The number of amides is 1. The lowest BCUT2D eigenvalue weighted by molar-refractivity contribution is -0.354. The highest BCUT2D eigenvalue weighted by molar-refractivity contribution is 5.92. The van der Waals surface area contributed by atoms with Crippen LogP contribution in [0.1, 0.15) is 80.0 Å². The largest absolute Gasteiger partial charge is 0.459 e. The van der Waals surface area contributed by atoms with E-state index >= 15 is 0 Å². The standard InChI is InChI=1S/C43H49NO13/c1-22-28(55-40(52)34(48)32(24-13-8-6-9-14-24)44-38(50)27-17-12-18-53-27)19-26-35(56-39(51)25-15-10-7-11-16-25)36-42(5,37(49)33(47)31(22)41(26,3)4)29(46)20-30-43(36,21-54-30)57-23(2)45/h6-18,26,28-30,32-37,46-49H,19-21H2,1-5H3,(H,44,50)/t26?,28-,29-,30+,32-,33+,34+,35+,36-,37-,42+,43-/m0/s1. The molecule has 14 heteroatoms. The molecule has 12 atom stereocenters. The zero-order valence-corrected chi connectivity index (χ0v) is 32.4. The number of nitrogens with one attached hydrogen (secondary N) is 1. The quantitative estimate of drug-likeness (QED) is 0.120. The van der Waals surface area contributed by atoms with Gasteiger partial charge in [0.25, 0.3) is 5.91 Å². The first-order valence-electron chi connectivity index (χ1n) is 19.1. The number of hydrogen-bond acceptors (Lipinski definition) is 13. The Balaban J connectivity index is 1.32. The molecule has 14 nitrogen and oxygen atoms in total. The Hall–Kier alpha value is -4.86. The van der Waals surface area contributed by atoms with Gasteiger partial charge in [0, 0.05) is 24.7 Å². The second-order valence-electron chi connectivity index (χ2n) is 16.4. The van der Waals surface area contributed by atoms with E-state index in [0.29, 0.717) is 16.7 Å². The molecule has 3 aliphatic carbocycles. The van der Waals surface area contributed by atoms with E-state index in [1.165, 1.54) is 25.3 Å². The van der Waals surface area contributed by atoms with Crippen LogP contribution in [0.15, 0.2) is 94.6 Å². The summed E-state index contributed by atoms with van der Waals surface area (Å²) in [6, 6.07) is 18.3. The van der Waals surface area contributed by atoms with Crippen molar-refractivity contribution in [1.82, 2.24) is 5.32 Å². The first-order chi connectivity index (χ1) is 27.0. The summed E-state index contributed by atoms with van der Waals surface area (Å²) in [6.07, 6.45) is -8.53. The van der Waals surface area contributed by atoms with Crippen LogP contribution in [0, 0.1) is 22.7 Å². The predicted octanol–water partition coefficient (Wildman–Crippen LogP) is 3.43. The molecular formula is C43H49NO13. The third-order valence-corrected chi connectivity index (χ3v) is 13.0. The summed E-state index contributed by atoms with van der Waals surface area (Å²) in [7, 11) is 0. The van der Waals surface area contributed by atoms with Gasteiger partial charge < -0.3 is 49.1 Å². The van der Waals surface area contributed by atoms with Crippen molar-refractivity contribution in [3.8, 4) is 0 Å². The van der Waals surface area contributed by atoms with E-state index in [1.54, 1.807) is 74.5 Å². The summed E-state index contributed by atoms with van der Waals surface area (Å²) in [5, 5.41) is 50.8. The van der Waals surface area contributed by atoms with Gasteiger partial charge in [-0.15, -0.1) is 0 Å². The van der Waals surface area contributed by atoms with Gasteiger partial charge in [-0.25, -0.2) is 9.59 Å². The fourth-order valence-electron chi connectivity index (χ4n) is 10.0. The topological polar surface area (TPSA) is 211 Å². The molecule has 3 fully saturated rings. The van der Waals surface area contributed by atoms with Crippen LogP contribution in [0.5, 0.6) is 0 Å². The number of esters is 3. The molecule has 1 amide bonds. The van der Waals surface area contributed by atoms with Crippen molar-refractivity contribution in [3.05, 3.63) is 107 Å². The fraction of sp³-hybridized carbons (Fsp3) is 0.488. The molecule has 1 aromatic heterocycles. The lowest BCUT2D eigenvalue weighted by Gasteiger charge is -2.67. The van der Waals surface area contributed by atoms with Gasteiger partial charge in [-0.2, -0.15) is 0 Å². The van der Waals surface area contributed by atoms with Crippen molar-refractivity contribution in [2.24, 2.45) is 22.7 Å². The van der Waals surface area contributed by atoms with Crippen molar-refractivity contribution in [2.75, 3.05) is 6.61 Å². The van der Waals surface area contributed by atoms with Gasteiger partial charge in [-0.3, -0.25) is 9.59 Å². The van der Waals surface area contributed by atoms with Gasteiger partial charge >= 0.3 is 17.9 Å². The molecule has 5 N–H and O–H groups in total. The van der Waals surface area contributed by atoms with Crippen LogP contribution < -0.4 is 5.32 Å². The summed E-state index contributed by atoms with van der Waals surface area (Å²) < 4.78 is 29.8. The molecule has 2 saturated carbocycles. The minimum absolute atomic E-state index is 0.0184. The number of carbonyl (C=O) groups is 4. The number of fused-ring (bicyclic) bond motifs is 5. The number of ether oxygens (including phenoxy) is 4. The van der Waals surface area contributed by atoms with Gasteiger partial charge in [0.15, 0.2) is 17.5 Å². The molecule has 2 bridgehead atoms. The Morgan fingerprint density at radius 2 is 1.56 bits per heavy atom. The molecule has 3 aromatic rings. The smallest absolute Gasteiger partial charge is 0.338 e. The van der Waals surface area contributed by atoms with E-state index in [0.717, 1.165) is 0 Å². The first-order valence-corrected chi connectivity index (χ1v) is 19.1. The molecule has 304 valence electrons. The number of furan rings is 1.